The topological polar surface area (TPSA) is 49.2 Å². The molecule has 7 heteroatoms. The van der Waals surface area contributed by atoms with Crippen LogP contribution in [0.1, 0.15) is 33.3 Å². The lowest BCUT2D eigenvalue weighted by Gasteiger charge is -2.33. The minimum absolute atomic E-state index is 0.0269. The average molecular weight is 425 g/mol. The Bertz CT molecular complexity index is 821. The molecule has 1 N–H and O–H groups in total. The predicted molar refractivity (Wildman–Crippen MR) is 98.3 cm³/mol. The molecule has 1 aromatic carbocycles. The molecule has 0 radical (unpaired) electrons. The number of thiophene rings is 1. The second-order valence-corrected chi connectivity index (χ2v) is 8.05. The van der Waals surface area contributed by atoms with Gasteiger partial charge in [-0.3, -0.25) is 4.79 Å². The van der Waals surface area contributed by atoms with Crippen LogP contribution in [0.25, 0.3) is 0 Å². The lowest BCUT2D eigenvalue weighted by atomic mass is 9.88. The Hall–Kier alpha value is -1.57. The minimum Gasteiger partial charge on any atom is -0.492 e. The van der Waals surface area contributed by atoms with Gasteiger partial charge in [-0.1, -0.05) is 6.07 Å². The summed E-state index contributed by atoms with van der Waals surface area (Å²) in [5, 5.41) is 1.94. The number of carbonyl (C=O) groups excluding carboxylic acids is 1. The van der Waals surface area contributed by atoms with E-state index in [2.05, 4.69) is 23.0 Å². The van der Waals surface area contributed by atoms with E-state index in [9.17, 15) is 4.79 Å². The molecule has 2 atom stereocenters. The fraction of sp³-hybridized carbons (Fsp3) is 0.389. The third-order valence-corrected chi connectivity index (χ3v) is 6.70. The van der Waals surface area contributed by atoms with E-state index in [4.69, 9.17) is 14.2 Å². The summed E-state index contributed by atoms with van der Waals surface area (Å²) >= 11 is 5.17. The number of quaternary nitrogens is 1. The van der Waals surface area contributed by atoms with Gasteiger partial charge in [0.1, 0.15) is 6.04 Å². The van der Waals surface area contributed by atoms with Gasteiger partial charge in [0.05, 0.1) is 42.0 Å². The number of methoxy groups -OCH3 is 1. The number of halogens is 1. The quantitative estimate of drug-likeness (QED) is 0.766. The maximum absolute atomic E-state index is 12.7. The molecule has 0 fully saturated rings. The van der Waals surface area contributed by atoms with Gasteiger partial charge in [-0.2, -0.15) is 0 Å². The van der Waals surface area contributed by atoms with Crippen LogP contribution in [0, 0.1) is 0 Å². The highest BCUT2D eigenvalue weighted by atomic mass is 79.9. The first kappa shape index (κ1) is 16.9. The fourth-order valence-electron chi connectivity index (χ4n) is 3.68. The van der Waals surface area contributed by atoms with Gasteiger partial charge < -0.3 is 19.1 Å². The minimum atomic E-state index is 0.0269. The number of nitrogens with one attached hydrogen (secondary N) is 1. The Balaban J connectivity index is 1.80. The maximum atomic E-state index is 12.7. The Morgan fingerprint density at radius 3 is 2.96 bits per heavy atom. The zero-order valence-corrected chi connectivity index (χ0v) is 16.5. The number of ketones is 1. The first-order valence-electron chi connectivity index (χ1n) is 8.18. The summed E-state index contributed by atoms with van der Waals surface area (Å²) in [7, 11) is 3.78. The van der Waals surface area contributed by atoms with Gasteiger partial charge in [0.2, 0.25) is 12.5 Å². The van der Waals surface area contributed by atoms with Crippen molar-refractivity contribution in [2.45, 2.75) is 18.9 Å². The molecule has 0 aliphatic carbocycles. The molecule has 0 amide bonds. The second kappa shape index (κ2) is 6.63. The van der Waals surface area contributed by atoms with Crippen molar-refractivity contribution in [3.05, 3.63) is 38.0 Å². The van der Waals surface area contributed by atoms with E-state index >= 15 is 0 Å². The van der Waals surface area contributed by atoms with Crippen LogP contribution in [0.3, 0.4) is 0 Å². The number of carbonyl (C=O) groups is 1. The molecule has 4 rings (SSSR count). The highest BCUT2D eigenvalue weighted by Gasteiger charge is 2.39. The molecule has 2 aliphatic rings. The Morgan fingerprint density at radius 2 is 2.24 bits per heavy atom. The number of likely N-dealkylation sites (N-methyl/N-ethyl adjacent to an activating group) is 1. The number of ether oxygens (including phenoxy) is 3. The molecule has 0 bridgehead atoms. The van der Waals surface area contributed by atoms with E-state index < -0.39 is 0 Å². The first-order chi connectivity index (χ1) is 12.1. The van der Waals surface area contributed by atoms with Crippen LogP contribution < -0.4 is 19.1 Å². The molecule has 0 saturated carbocycles. The highest BCUT2D eigenvalue weighted by molar-refractivity contribution is 9.10. The van der Waals surface area contributed by atoms with Crippen molar-refractivity contribution in [2.75, 3.05) is 27.5 Å². The zero-order valence-electron chi connectivity index (χ0n) is 14.1. The normalized spacial score (nSPS) is 21.1. The van der Waals surface area contributed by atoms with Crippen LogP contribution in [0.5, 0.6) is 17.2 Å². The number of hydrogen-bond donors (Lipinski definition) is 1. The summed E-state index contributed by atoms with van der Waals surface area (Å²) in [5.74, 6) is 2.21. The molecule has 2 aromatic rings. The monoisotopic (exact) mass is 424 g/mol. The van der Waals surface area contributed by atoms with E-state index in [-0.39, 0.29) is 18.6 Å². The molecule has 0 saturated heterocycles. The van der Waals surface area contributed by atoms with E-state index in [1.54, 1.807) is 7.11 Å². The second-order valence-electron chi connectivity index (χ2n) is 6.31. The summed E-state index contributed by atoms with van der Waals surface area (Å²) in [6, 6.07) is 3.83. The van der Waals surface area contributed by atoms with Gasteiger partial charge in [-0.25, -0.2) is 0 Å². The van der Waals surface area contributed by atoms with Crippen LogP contribution >= 0.6 is 27.3 Å². The van der Waals surface area contributed by atoms with Crippen molar-refractivity contribution in [1.82, 2.24) is 0 Å². The smallest absolute Gasteiger partial charge is 0.231 e. The molecule has 0 spiro atoms. The number of hydrogen-bond acceptors (Lipinski definition) is 5. The predicted octanol–water partition coefficient (Wildman–Crippen LogP) is 2.63. The SMILES string of the molecule is COc1c2c(c(Br)c3c1C(CC(=O)c1cccs1)[NH+](C)CC3)OCO2. The standard InChI is InChI=1S/C18H18BrNO4S/c1-20-6-5-10-14(11(20)8-12(21)13-4-3-7-25-13)16(22-2)18-17(15(10)19)23-9-24-18/h3-4,7,11H,5-6,8-9H2,1-2H3/p+1. The Labute approximate surface area is 158 Å². The van der Waals surface area contributed by atoms with Crippen LogP contribution in [0.15, 0.2) is 22.0 Å². The van der Waals surface area contributed by atoms with Gasteiger partial charge in [-0.05, 0) is 32.9 Å². The summed E-state index contributed by atoms with van der Waals surface area (Å²) in [4.78, 5) is 14.8. The molecule has 2 aliphatic heterocycles. The fourth-order valence-corrected chi connectivity index (χ4v) is 5.06. The van der Waals surface area contributed by atoms with Crippen LogP contribution in [0.2, 0.25) is 0 Å². The third-order valence-electron chi connectivity index (χ3n) is 4.96. The lowest BCUT2D eigenvalue weighted by Crippen LogP contribution is -3.10. The molecular weight excluding hydrogens is 406 g/mol. The molecular formula is C18H19BrNO4S+. The van der Waals surface area contributed by atoms with Crippen molar-refractivity contribution in [1.29, 1.82) is 0 Å². The van der Waals surface area contributed by atoms with Crippen molar-refractivity contribution < 1.29 is 23.9 Å². The first-order valence-corrected chi connectivity index (χ1v) is 9.86. The van der Waals surface area contributed by atoms with Crippen LogP contribution in [-0.4, -0.2) is 33.3 Å². The van der Waals surface area contributed by atoms with E-state index in [1.807, 2.05) is 17.5 Å². The number of benzene rings is 1. The molecule has 25 heavy (non-hydrogen) atoms. The van der Waals surface area contributed by atoms with E-state index in [0.29, 0.717) is 23.7 Å². The molecule has 5 nitrogen and oxygen atoms in total. The van der Waals surface area contributed by atoms with Gasteiger partial charge in [0, 0.05) is 6.42 Å². The van der Waals surface area contributed by atoms with Gasteiger partial charge in [0.25, 0.3) is 0 Å². The van der Waals surface area contributed by atoms with Crippen molar-refractivity contribution in [3.8, 4) is 17.2 Å². The summed E-state index contributed by atoms with van der Waals surface area (Å²) in [6.45, 7) is 1.14. The average Bonchev–Trinajstić information content (AvgIpc) is 3.29. The highest BCUT2D eigenvalue weighted by Crippen LogP contribution is 2.52. The largest absolute Gasteiger partial charge is 0.492 e. The Kier molecular flexibility index (Phi) is 4.47. The Morgan fingerprint density at radius 1 is 1.44 bits per heavy atom. The zero-order chi connectivity index (χ0) is 17.6. The third kappa shape index (κ3) is 2.74. The number of rotatable bonds is 4. The van der Waals surface area contributed by atoms with Gasteiger partial charge >= 0.3 is 0 Å². The van der Waals surface area contributed by atoms with Crippen LogP contribution in [-0.2, 0) is 6.42 Å². The van der Waals surface area contributed by atoms with Crippen molar-refractivity contribution >= 4 is 33.0 Å². The van der Waals surface area contributed by atoms with Gasteiger partial charge in [-0.15, -0.1) is 11.3 Å². The summed E-state index contributed by atoms with van der Waals surface area (Å²) in [5.41, 5.74) is 2.22. The summed E-state index contributed by atoms with van der Waals surface area (Å²) < 4.78 is 17.9. The molecule has 132 valence electrons. The molecule has 1 aromatic heterocycles. The van der Waals surface area contributed by atoms with Gasteiger partial charge in [0.15, 0.2) is 17.3 Å². The number of Topliss-reactive ketones (excluding diaryl/α,β-unsaturated/α-hetero) is 1. The van der Waals surface area contributed by atoms with E-state index in [1.165, 1.54) is 16.2 Å². The van der Waals surface area contributed by atoms with Crippen LogP contribution in [0.4, 0.5) is 0 Å². The van der Waals surface area contributed by atoms with Crippen molar-refractivity contribution in [2.24, 2.45) is 0 Å². The van der Waals surface area contributed by atoms with Crippen molar-refractivity contribution in [3.63, 3.8) is 0 Å². The summed E-state index contributed by atoms with van der Waals surface area (Å²) in [6.07, 6.45) is 1.35. The lowest BCUT2D eigenvalue weighted by molar-refractivity contribution is -0.913. The molecule has 2 unspecified atom stereocenters. The molecule has 3 heterocycles. The van der Waals surface area contributed by atoms with E-state index in [0.717, 1.165) is 33.4 Å². The number of fused-ring (bicyclic) bond motifs is 2. The maximum Gasteiger partial charge on any atom is 0.231 e.